The van der Waals surface area contributed by atoms with Gasteiger partial charge in [-0.2, -0.15) is 19.6 Å². The Morgan fingerprint density at radius 1 is 1.44 bits per heavy atom. The van der Waals surface area contributed by atoms with E-state index in [9.17, 15) is 0 Å². The maximum Gasteiger partial charge on any atom is 0.255 e. The Hall–Kier alpha value is -2.08. The van der Waals surface area contributed by atoms with Gasteiger partial charge in [0.2, 0.25) is 0 Å². The molecule has 92 valence electrons. The van der Waals surface area contributed by atoms with Gasteiger partial charge in [0.15, 0.2) is 0 Å². The number of nitrogens with one attached hydrogen (secondary N) is 1. The predicted molar refractivity (Wildman–Crippen MR) is 66.7 cm³/mol. The summed E-state index contributed by atoms with van der Waals surface area (Å²) in [6.07, 6.45) is 3.88. The Balaban J connectivity index is 1.75. The van der Waals surface area contributed by atoms with Gasteiger partial charge in [0.1, 0.15) is 23.1 Å². The quantitative estimate of drug-likeness (QED) is 0.730. The predicted octanol–water partition coefficient (Wildman–Crippen LogP) is 2.03. The fourth-order valence-corrected chi connectivity index (χ4v) is 1.86. The highest BCUT2D eigenvalue weighted by Crippen LogP contribution is 2.14. The maximum absolute atomic E-state index is 5.91. The number of fused-ring (bicyclic) bond motifs is 1. The summed E-state index contributed by atoms with van der Waals surface area (Å²) in [5.74, 6) is 2.16. The highest BCUT2D eigenvalue weighted by Gasteiger charge is 2.06. The van der Waals surface area contributed by atoms with Gasteiger partial charge >= 0.3 is 0 Å². The van der Waals surface area contributed by atoms with Gasteiger partial charge in [-0.3, -0.25) is 0 Å². The zero-order valence-corrected chi connectivity index (χ0v) is 10.1. The van der Waals surface area contributed by atoms with Crippen molar-refractivity contribution in [1.82, 2.24) is 19.6 Å². The van der Waals surface area contributed by atoms with Crippen molar-refractivity contribution in [1.29, 1.82) is 0 Å². The SMILES string of the molecule is Clc1cc(NCCc2ccco2)n2ncnc2n1. The lowest BCUT2D eigenvalue weighted by molar-refractivity contribution is 0.512. The van der Waals surface area contributed by atoms with Crippen molar-refractivity contribution < 1.29 is 4.42 Å². The minimum atomic E-state index is 0.385. The Bertz CT molecular complexity index is 649. The highest BCUT2D eigenvalue weighted by molar-refractivity contribution is 6.29. The smallest absolute Gasteiger partial charge is 0.255 e. The Morgan fingerprint density at radius 2 is 2.39 bits per heavy atom. The molecule has 0 saturated carbocycles. The Kier molecular flexibility index (Phi) is 2.85. The molecule has 6 nitrogen and oxygen atoms in total. The van der Waals surface area contributed by atoms with E-state index in [1.54, 1.807) is 16.8 Å². The van der Waals surface area contributed by atoms with Gasteiger partial charge < -0.3 is 9.73 Å². The first-order chi connectivity index (χ1) is 8.83. The number of nitrogens with zero attached hydrogens (tertiary/aromatic N) is 4. The summed E-state index contributed by atoms with van der Waals surface area (Å²) in [5.41, 5.74) is 0. The number of rotatable bonds is 4. The largest absolute Gasteiger partial charge is 0.469 e. The van der Waals surface area contributed by atoms with Crippen LogP contribution in [0.2, 0.25) is 5.15 Å². The first-order valence-electron chi connectivity index (χ1n) is 5.45. The minimum absolute atomic E-state index is 0.385. The normalized spacial score (nSPS) is 10.9. The van der Waals surface area contributed by atoms with E-state index < -0.39 is 0 Å². The standard InChI is InChI=1S/C11H10ClN5O/c12-9-6-10(17-11(16-9)14-7-15-17)13-4-3-8-2-1-5-18-8/h1-2,5-7,13H,3-4H2. The maximum atomic E-state index is 5.91. The second-order valence-corrected chi connectivity index (χ2v) is 4.08. The summed E-state index contributed by atoms with van der Waals surface area (Å²) in [6.45, 7) is 0.711. The summed E-state index contributed by atoms with van der Waals surface area (Å²) < 4.78 is 6.86. The van der Waals surface area contributed by atoms with E-state index in [0.717, 1.165) is 18.0 Å². The summed E-state index contributed by atoms with van der Waals surface area (Å²) in [7, 11) is 0. The molecule has 0 spiro atoms. The van der Waals surface area contributed by atoms with Crippen LogP contribution in [0, 0.1) is 0 Å². The molecule has 3 rings (SSSR count). The van der Waals surface area contributed by atoms with Gasteiger partial charge in [-0.1, -0.05) is 11.6 Å². The molecule has 7 heteroatoms. The molecule has 3 aromatic heterocycles. The van der Waals surface area contributed by atoms with Crippen molar-refractivity contribution in [3.63, 3.8) is 0 Å². The second kappa shape index (κ2) is 4.66. The lowest BCUT2D eigenvalue weighted by Gasteiger charge is -2.06. The molecule has 0 fully saturated rings. The molecule has 0 aliphatic rings. The number of halogens is 1. The van der Waals surface area contributed by atoms with Crippen molar-refractivity contribution in [2.45, 2.75) is 6.42 Å². The van der Waals surface area contributed by atoms with Gasteiger partial charge in [-0.05, 0) is 12.1 Å². The van der Waals surface area contributed by atoms with Crippen LogP contribution in [0.1, 0.15) is 5.76 Å². The van der Waals surface area contributed by atoms with Gasteiger partial charge in [0.05, 0.1) is 6.26 Å². The Morgan fingerprint density at radius 3 is 3.22 bits per heavy atom. The van der Waals surface area contributed by atoms with Crippen molar-refractivity contribution in [3.8, 4) is 0 Å². The van der Waals surface area contributed by atoms with Crippen LogP contribution in [-0.4, -0.2) is 26.1 Å². The molecule has 0 aromatic carbocycles. The third-order valence-electron chi connectivity index (χ3n) is 2.48. The fraction of sp³-hybridized carbons (Fsp3) is 0.182. The third-order valence-corrected chi connectivity index (χ3v) is 2.67. The van der Waals surface area contributed by atoms with Crippen LogP contribution in [0.5, 0.6) is 0 Å². The lowest BCUT2D eigenvalue weighted by atomic mass is 10.3. The van der Waals surface area contributed by atoms with E-state index in [1.165, 1.54) is 6.33 Å². The number of anilines is 1. The van der Waals surface area contributed by atoms with Crippen molar-refractivity contribution in [2.24, 2.45) is 0 Å². The van der Waals surface area contributed by atoms with E-state index in [-0.39, 0.29) is 0 Å². The summed E-state index contributed by atoms with van der Waals surface area (Å²) in [5, 5.41) is 7.69. The second-order valence-electron chi connectivity index (χ2n) is 3.69. The molecule has 0 amide bonds. The number of hydrogen-bond donors (Lipinski definition) is 1. The van der Waals surface area contributed by atoms with E-state index >= 15 is 0 Å². The molecule has 3 aromatic rings. The summed E-state index contributed by atoms with van der Waals surface area (Å²) in [4.78, 5) is 8.05. The van der Waals surface area contributed by atoms with Gasteiger partial charge in [-0.25, -0.2) is 0 Å². The third kappa shape index (κ3) is 2.14. The molecule has 0 saturated heterocycles. The van der Waals surface area contributed by atoms with E-state index in [4.69, 9.17) is 16.0 Å². The zero-order valence-electron chi connectivity index (χ0n) is 9.38. The van der Waals surface area contributed by atoms with Crippen LogP contribution in [0.3, 0.4) is 0 Å². The molecule has 0 bridgehead atoms. The summed E-state index contributed by atoms with van der Waals surface area (Å²) in [6, 6.07) is 5.52. The van der Waals surface area contributed by atoms with Gasteiger partial charge in [0, 0.05) is 19.0 Å². The molecular weight excluding hydrogens is 254 g/mol. The first-order valence-corrected chi connectivity index (χ1v) is 5.83. The lowest BCUT2D eigenvalue weighted by Crippen LogP contribution is -2.09. The molecule has 0 aliphatic heterocycles. The van der Waals surface area contributed by atoms with Crippen LogP contribution in [0.25, 0.3) is 5.78 Å². The molecule has 0 radical (unpaired) electrons. The molecule has 18 heavy (non-hydrogen) atoms. The average Bonchev–Trinajstić information content (AvgIpc) is 2.98. The number of hydrogen-bond acceptors (Lipinski definition) is 5. The van der Waals surface area contributed by atoms with Crippen LogP contribution < -0.4 is 5.32 Å². The number of furan rings is 1. The monoisotopic (exact) mass is 263 g/mol. The number of aromatic nitrogens is 4. The van der Waals surface area contributed by atoms with Gasteiger partial charge in [0.25, 0.3) is 5.78 Å². The molecule has 0 aliphatic carbocycles. The topological polar surface area (TPSA) is 68.2 Å². The highest BCUT2D eigenvalue weighted by atomic mass is 35.5. The Labute approximate surface area is 108 Å². The van der Waals surface area contributed by atoms with Crippen LogP contribution in [0.15, 0.2) is 35.2 Å². The molecule has 1 N–H and O–H groups in total. The molecule has 0 unspecified atom stereocenters. The summed E-state index contributed by atoms with van der Waals surface area (Å²) >= 11 is 5.91. The minimum Gasteiger partial charge on any atom is -0.469 e. The molecular formula is C11H10ClN5O. The van der Waals surface area contributed by atoms with Crippen LogP contribution in [0.4, 0.5) is 5.82 Å². The molecule has 3 heterocycles. The average molecular weight is 264 g/mol. The molecule has 0 atom stereocenters. The van der Waals surface area contributed by atoms with Crippen molar-refractivity contribution >= 4 is 23.2 Å². The van der Waals surface area contributed by atoms with Crippen molar-refractivity contribution in [2.75, 3.05) is 11.9 Å². The zero-order chi connectivity index (χ0) is 12.4. The van der Waals surface area contributed by atoms with Gasteiger partial charge in [-0.15, -0.1) is 0 Å². The van der Waals surface area contributed by atoms with Crippen LogP contribution in [-0.2, 0) is 6.42 Å². The van der Waals surface area contributed by atoms with E-state index in [1.807, 2.05) is 12.1 Å². The van der Waals surface area contributed by atoms with Crippen LogP contribution >= 0.6 is 11.6 Å². The van der Waals surface area contributed by atoms with E-state index in [0.29, 0.717) is 17.5 Å². The fourth-order valence-electron chi connectivity index (χ4n) is 1.68. The first kappa shape index (κ1) is 11.0. The van der Waals surface area contributed by atoms with Crippen molar-refractivity contribution in [3.05, 3.63) is 41.7 Å². The van der Waals surface area contributed by atoms with E-state index in [2.05, 4.69) is 20.4 Å².